The molecule has 0 fully saturated rings. The number of rotatable bonds is 9. The minimum absolute atomic E-state index is 0.0753. The molecule has 1 heterocycles. The molecule has 0 N–H and O–H groups in total. The van der Waals surface area contributed by atoms with Gasteiger partial charge in [0.1, 0.15) is 0 Å². The molecule has 0 unspecified atom stereocenters. The number of thiazole rings is 1. The molecule has 3 rings (SSSR count). The molecule has 2 aromatic carbocycles. The van der Waals surface area contributed by atoms with Gasteiger partial charge in [0.2, 0.25) is 5.91 Å². The van der Waals surface area contributed by atoms with Crippen LogP contribution in [-0.2, 0) is 14.6 Å². The highest BCUT2D eigenvalue weighted by molar-refractivity contribution is 7.91. The quantitative estimate of drug-likeness (QED) is 0.502. The average Bonchev–Trinajstić information content (AvgIpc) is 3.15. The van der Waals surface area contributed by atoms with E-state index in [0.29, 0.717) is 11.7 Å². The molecule has 0 atom stereocenters. The van der Waals surface area contributed by atoms with Gasteiger partial charge < -0.3 is 4.90 Å². The zero-order valence-electron chi connectivity index (χ0n) is 17.5. The van der Waals surface area contributed by atoms with Crippen LogP contribution in [0.3, 0.4) is 0 Å². The summed E-state index contributed by atoms with van der Waals surface area (Å²) < 4.78 is 26.2. The smallest absolute Gasteiger partial charge is 0.229 e. The molecule has 0 saturated heterocycles. The Kier molecular flexibility index (Phi) is 7.23. The summed E-state index contributed by atoms with van der Waals surface area (Å²) in [4.78, 5) is 21.7. The first-order valence-corrected chi connectivity index (χ1v) is 12.3. The van der Waals surface area contributed by atoms with Gasteiger partial charge in [0.15, 0.2) is 15.0 Å². The summed E-state index contributed by atoms with van der Waals surface area (Å²) in [6.45, 7) is 3.33. The molecule has 0 radical (unpaired) electrons. The van der Waals surface area contributed by atoms with Gasteiger partial charge in [-0.25, -0.2) is 13.4 Å². The van der Waals surface area contributed by atoms with Gasteiger partial charge in [0.25, 0.3) is 0 Å². The predicted molar refractivity (Wildman–Crippen MR) is 123 cm³/mol. The Bertz CT molecular complexity index is 1110. The summed E-state index contributed by atoms with van der Waals surface area (Å²) in [5.41, 5.74) is 1.95. The molecular formula is C22H27N3O3S2. The lowest BCUT2D eigenvalue weighted by molar-refractivity contribution is -0.118. The monoisotopic (exact) mass is 445 g/mol. The van der Waals surface area contributed by atoms with Crippen molar-refractivity contribution in [2.24, 2.45) is 0 Å². The van der Waals surface area contributed by atoms with Gasteiger partial charge in [-0.15, -0.1) is 0 Å². The van der Waals surface area contributed by atoms with Crippen molar-refractivity contribution in [1.82, 2.24) is 9.88 Å². The van der Waals surface area contributed by atoms with Crippen LogP contribution in [0.2, 0.25) is 0 Å². The van der Waals surface area contributed by atoms with Crippen molar-refractivity contribution in [3.05, 3.63) is 54.1 Å². The van der Waals surface area contributed by atoms with E-state index in [0.717, 1.165) is 28.7 Å². The molecule has 0 spiro atoms. The largest absolute Gasteiger partial charge is 0.309 e. The molecule has 6 nitrogen and oxygen atoms in total. The van der Waals surface area contributed by atoms with E-state index in [9.17, 15) is 13.2 Å². The summed E-state index contributed by atoms with van der Waals surface area (Å²) in [5.74, 6) is -0.436. The van der Waals surface area contributed by atoms with E-state index in [4.69, 9.17) is 4.98 Å². The molecule has 0 aliphatic carbocycles. The number of anilines is 1. The van der Waals surface area contributed by atoms with Crippen LogP contribution in [-0.4, -0.2) is 57.1 Å². The third-order valence-corrected chi connectivity index (χ3v) is 7.59. The highest BCUT2D eigenvalue weighted by Gasteiger charge is 2.23. The van der Waals surface area contributed by atoms with Crippen LogP contribution >= 0.6 is 11.3 Å². The molecule has 3 aromatic rings. The zero-order valence-corrected chi connectivity index (χ0v) is 19.2. The summed E-state index contributed by atoms with van der Waals surface area (Å²) in [6, 6.07) is 14.2. The minimum Gasteiger partial charge on any atom is -0.309 e. The van der Waals surface area contributed by atoms with Gasteiger partial charge in [0, 0.05) is 13.0 Å². The van der Waals surface area contributed by atoms with Crippen molar-refractivity contribution in [2.45, 2.75) is 24.7 Å². The molecule has 0 saturated carbocycles. The van der Waals surface area contributed by atoms with Gasteiger partial charge >= 0.3 is 0 Å². The second-order valence-electron chi connectivity index (χ2n) is 7.50. The van der Waals surface area contributed by atoms with Crippen molar-refractivity contribution in [1.29, 1.82) is 0 Å². The van der Waals surface area contributed by atoms with Crippen LogP contribution in [0, 0.1) is 6.92 Å². The lowest BCUT2D eigenvalue weighted by atomic mass is 10.2. The van der Waals surface area contributed by atoms with Crippen molar-refractivity contribution < 1.29 is 13.2 Å². The number of aromatic nitrogens is 1. The van der Waals surface area contributed by atoms with Gasteiger partial charge in [-0.1, -0.05) is 41.7 Å². The molecule has 0 aliphatic heterocycles. The molecule has 1 amide bonds. The zero-order chi connectivity index (χ0) is 21.7. The minimum atomic E-state index is -3.51. The first kappa shape index (κ1) is 22.4. The number of carbonyl (C=O) groups is 1. The molecule has 0 aliphatic rings. The van der Waals surface area contributed by atoms with E-state index >= 15 is 0 Å². The van der Waals surface area contributed by atoms with Gasteiger partial charge in [0.05, 0.1) is 20.9 Å². The molecule has 1 aromatic heterocycles. The Morgan fingerprint density at radius 3 is 2.43 bits per heavy atom. The van der Waals surface area contributed by atoms with Crippen LogP contribution in [0.5, 0.6) is 0 Å². The summed E-state index contributed by atoms with van der Waals surface area (Å²) >= 11 is 1.47. The predicted octanol–water partition coefficient (Wildman–Crippen LogP) is 3.75. The van der Waals surface area contributed by atoms with E-state index in [-0.39, 0.29) is 23.0 Å². The van der Waals surface area contributed by atoms with Crippen LogP contribution in [0.4, 0.5) is 5.13 Å². The standard InChI is InChI=1S/C22H27N3O3S2/c1-17-9-7-12-19-21(17)23-22(29-19)25(15-8-14-24(2)3)20(26)13-16-30(27,28)18-10-5-4-6-11-18/h4-7,9-12H,8,13-16H2,1-3H3. The number of nitrogens with zero attached hydrogens (tertiary/aromatic N) is 3. The first-order valence-electron chi connectivity index (χ1n) is 9.87. The van der Waals surface area contributed by atoms with E-state index < -0.39 is 9.84 Å². The number of carbonyl (C=O) groups excluding carboxylic acids is 1. The van der Waals surface area contributed by atoms with Crippen LogP contribution < -0.4 is 4.90 Å². The van der Waals surface area contributed by atoms with Crippen molar-refractivity contribution in [2.75, 3.05) is 37.8 Å². The Hall–Kier alpha value is -2.29. The maximum absolute atomic E-state index is 13.1. The Labute approximate surface area is 182 Å². The molecule has 0 bridgehead atoms. The number of hydrogen-bond acceptors (Lipinski definition) is 6. The Morgan fingerprint density at radius 2 is 1.77 bits per heavy atom. The molecular weight excluding hydrogens is 418 g/mol. The third-order valence-electron chi connectivity index (χ3n) is 4.82. The van der Waals surface area contributed by atoms with E-state index in [2.05, 4.69) is 4.90 Å². The van der Waals surface area contributed by atoms with Gasteiger partial charge in [-0.3, -0.25) is 9.69 Å². The first-order chi connectivity index (χ1) is 14.3. The second-order valence-corrected chi connectivity index (χ2v) is 10.6. The Morgan fingerprint density at radius 1 is 1.03 bits per heavy atom. The van der Waals surface area contributed by atoms with E-state index in [1.165, 1.54) is 11.3 Å². The fraction of sp³-hybridized carbons (Fsp3) is 0.364. The second kappa shape index (κ2) is 9.68. The van der Waals surface area contributed by atoms with Crippen LogP contribution in [0.1, 0.15) is 18.4 Å². The highest BCUT2D eigenvalue weighted by Crippen LogP contribution is 2.31. The summed E-state index contributed by atoms with van der Waals surface area (Å²) in [5, 5.41) is 0.625. The highest BCUT2D eigenvalue weighted by atomic mass is 32.2. The molecule has 8 heteroatoms. The number of fused-ring (bicyclic) bond motifs is 1. The fourth-order valence-corrected chi connectivity index (χ4v) is 5.50. The van der Waals surface area contributed by atoms with Crippen molar-refractivity contribution >= 4 is 42.4 Å². The summed E-state index contributed by atoms with van der Waals surface area (Å²) in [7, 11) is 0.462. The van der Waals surface area contributed by atoms with E-state index in [1.807, 2.05) is 39.2 Å². The number of hydrogen-bond donors (Lipinski definition) is 0. The van der Waals surface area contributed by atoms with Crippen molar-refractivity contribution in [3.63, 3.8) is 0 Å². The number of para-hydroxylation sites is 1. The lowest BCUT2D eigenvalue weighted by Crippen LogP contribution is -2.34. The number of sulfone groups is 1. The number of aryl methyl sites for hydroxylation is 1. The van der Waals surface area contributed by atoms with Gasteiger partial charge in [-0.05, 0) is 57.7 Å². The van der Waals surface area contributed by atoms with E-state index in [1.54, 1.807) is 35.2 Å². The third kappa shape index (κ3) is 5.44. The maximum Gasteiger partial charge on any atom is 0.229 e. The average molecular weight is 446 g/mol. The number of amides is 1. The maximum atomic E-state index is 13.1. The fourth-order valence-electron chi connectivity index (χ4n) is 3.16. The summed E-state index contributed by atoms with van der Waals surface area (Å²) in [6.07, 6.45) is 0.702. The van der Waals surface area contributed by atoms with Crippen LogP contribution in [0.25, 0.3) is 10.2 Å². The molecule has 30 heavy (non-hydrogen) atoms. The van der Waals surface area contributed by atoms with Crippen molar-refractivity contribution in [3.8, 4) is 0 Å². The van der Waals surface area contributed by atoms with Gasteiger partial charge in [-0.2, -0.15) is 0 Å². The van der Waals surface area contributed by atoms with Crippen LogP contribution in [0.15, 0.2) is 53.4 Å². The number of benzene rings is 2. The Balaban J connectivity index is 1.80. The normalized spacial score (nSPS) is 11.9. The topological polar surface area (TPSA) is 70.6 Å². The lowest BCUT2D eigenvalue weighted by Gasteiger charge is -2.21. The SMILES string of the molecule is Cc1cccc2sc(N(CCCN(C)C)C(=O)CCS(=O)(=O)c3ccccc3)nc12. The molecule has 160 valence electrons.